The fraction of sp³-hybridized carbons (Fsp3) is 0.857. The van der Waals surface area contributed by atoms with Gasteiger partial charge in [-0.1, -0.05) is 128 Å². The Balaban J connectivity index is 4.40. The highest BCUT2D eigenvalue weighted by Crippen LogP contribution is 2.43. The number of likely N-dealkylation sites (N-methyl/N-ethyl adjacent to an activating group) is 1. The number of phosphoric ester groups is 1. The Morgan fingerprint density at radius 1 is 0.577 bits per heavy atom. The highest BCUT2D eigenvalue weighted by atomic mass is 31.2. The minimum absolute atomic E-state index is 0.0298. The van der Waals surface area contributed by atoms with Crippen molar-refractivity contribution in [2.45, 2.75) is 187 Å². The van der Waals surface area contributed by atoms with Crippen LogP contribution in [0.1, 0.15) is 181 Å². The molecule has 0 aromatic rings. The molecular formula is C42H81NO8P+. The Morgan fingerprint density at radius 3 is 1.46 bits per heavy atom. The molecule has 0 bridgehead atoms. The zero-order chi connectivity index (χ0) is 38.6. The van der Waals surface area contributed by atoms with Crippen molar-refractivity contribution in [1.29, 1.82) is 0 Å². The van der Waals surface area contributed by atoms with Gasteiger partial charge in [0, 0.05) is 12.8 Å². The second-order valence-corrected chi connectivity index (χ2v) is 16.8. The van der Waals surface area contributed by atoms with Gasteiger partial charge in [0.1, 0.15) is 19.8 Å². The molecule has 2 atom stereocenters. The highest BCUT2D eigenvalue weighted by molar-refractivity contribution is 7.47. The first-order valence-corrected chi connectivity index (χ1v) is 22.6. The fourth-order valence-corrected chi connectivity index (χ4v) is 6.33. The van der Waals surface area contributed by atoms with Gasteiger partial charge in [-0.25, -0.2) is 4.57 Å². The van der Waals surface area contributed by atoms with E-state index in [9.17, 15) is 19.0 Å². The van der Waals surface area contributed by atoms with Crippen LogP contribution in [-0.4, -0.2) is 74.9 Å². The largest absolute Gasteiger partial charge is 0.472 e. The predicted octanol–water partition coefficient (Wildman–Crippen LogP) is 11.6. The number of nitrogens with zero attached hydrogens (tertiary/aromatic N) is 1. The van der Waals surface area contributed by atoms with Crippen molar-refractivity contribution in [3.05, 3.63) is 24.3 Å². The predicted molar refractivity (Wildman–Crippen MR) is 215 cm³/mol. The van der Waals surface area contributed by atoms with Crippen LogP contribution in [0.3, 0.4) is 0 Å². The number of carbonyl (C=O) groups excluding carboxylic acids is 2. The lowest BCUT2D eigenvalue weighted by Crippen LogP contribution is -2.37. The van der Waals surface area contributed by atoms with Crippen molar-refractivity contribution >= 4 is 19.8 Å². The number of hydrogen-bond acceptors (Lipinski definition) is 7. The first-order valence-electron chi connectivity index (χ1n) is 21.1. The summed E-state index contributed by atoms with van der Waals surface area (Å²) in [6.07, 6.45) is 36.5. The van der Waals surface area contributed by atoms with Crippen LogP contribution in [0.5, 0.6) is 0 Å². The fourth-order valence-electron chi connectivity index (χ4n) is 5.59. The number of allylic oxidation sites excluding steroid dienone is 4. The molecule has 10 heteroatoms. The molecule has 306 valence electrons. The van der Waals surface area contributed by atoms with Gasteiger partial charge in [0.15, 0.2) is 6.10 Å². The Kier molecular flexibility index (Phi) is 34.2. The summed E-state index contributed by atoms with van der Waals surface area (Å²) in [5.74, 6) is -0.817. The van der Waals surface area contributed by atoms with E-state index < -0.39 is 26.5 Å². The molecule has 0 fully saturated rings. The molecule has 0 aliphatic heterocycles. The minimum atomic E-state index is -4.37. The van der Waals surface area contributed by atoms with Crippen molar-refractivity contribution in [3.8, 4) is 0 Å². The van der Waals surface area contributed by atoms with Gasteiger partial charge in [-0.05, 0) is 64.2 Å². The maximum Gasteiger partial charge on any atom is 0.472 e. The molecule has 0 heterocycles. The summed E-state index contributed by atoms with van der Waals surface area (Å²) >= 11 is 0. The molecule has 0 rings (SSSR count). The number of phosphoric acid groups is 1. The molecule has 0 saturated carbocycles. The number of quaternary nitrogens is 1. The molecular weight excluding hydrogens is 677 g/mol. The van der Waals surface area contributed by atoms with Crippen LogP contribution in [0.15, 0.2) is 24.3 Å². The van der Waals surface area contributed by atoms with E-state index in [2.05, 4.69) is 38.2 Å². The summed E-state index contributed by atoms with van der Waals surface area (Å²) in [4.78, 5) is 35.3. The van der Waals surface area contributed by atoms with E-state index in [4.69, 9.17) is 18.5 Å². The third kappa shape index (κ3) is 38.2. The molecule has 0 aliphatic rings. The molecule has 1 unspecified atom stereocenters. The van der Waals surface area contributed by atoms with E-state index in [1.165, 1.54) is 77.0 Å². The zero-order valence-electron chi connectivity index (χ0n) is 34.3. The van der Waals surface area contributed by atoms with Crippen molar-refractivity contribution in [3.63, 3.8) is 0 Å². The molecule has 0 radical (unpaired) electrons. The van der Waals surface area contributed by atoms with Gasteiger partial charge >= 0.3 is 19.8 Å². The summed E-state index contributed by atoms with van der Waals surface area (Å²) in [7, 11) is 1.47. The van der Waals surface area contributed by atoms with Crippen molar-refractivity contribution in [1.82, 2.24) is 0 Å². The van der Waals surface area contributed by atoms with Crippen LogP contribution in [0.4, 0.5) is 0 Å². The van der Waals surface area contributed by atoms with E-state index in [0.717, 1.165) is 70.6 Å². The van der Waals surface area contributed by atoms with E-state index in [1.54, 1.807) is 0 Å². The Morgan fingerprint density at radius 2 is 0.981 bits per heavy atom. The van der Waals surface area contributed by atoms with Crippen molar-refractivity contribution in [2.75, 3.05) is 47.5 Å². The minimum Gasteiger partial charge on any atom is -0.462 e. The summed E-state index contributed by atoms with van der Waals surface area (Å²) in [6, 6.07) is 0. The SMILES string of the molecule is CCCCC/C=C\CCCCCCCC(=O)OC[C@H](COP(=O)(O)OCC[N+](C)(C)C)OC(=O)CCCCCCC/C=C\CCCCCCCCC. The van der Waals surface area contributed by atoms with E-state index in [1.807, 2.05) is 21.1 Å². The quantitative estimate of drug-likeness (QED) is 0.0218. The Bertz CT molecular complexity index is 949. The van der Waals surface area contributed by atoms with Crippen LogP contribution < -0.4 is 0 Å². The summed E-state index contributed by atoms with van der Waals surface area (Å²) in [6.45, 7) is 4.37. The molecule has 0 aliphatic carbocycles. The van der Waals surface area contributed by atoms with Crippen molar-refractivity contribution < 1.29 is 42.1 Å². The second-order valence-electron chi connectivity index (χ2n) is 15.4. The third-order valence-corrected chi connectivity index (χ3v) is 9.94. The van der Waals surface area contributed by atoms with Crippen LogP contribution in [0.25, 0.3) is 0 Å². The monoisotopic (exact) mass is 759 g/mol. The molecule has 9 nitrogen and oxygen atoms in total. The summed E-state index contributed by atoms with van der Waals surface area (Å²) in [5, 5.41) is 0. The van der Waals surface area contributed by atoms with Crippen molar-refractivity contribution in [2.24, 2.45) is 0 Å². The third-order valence-electron chi connectivity index (χ3n) is 8.95. The lowest BCUT2D eigenvalue weighted by Gasteiger charge is -2.24. The Hall–Kier alpha value is -1.51. The highest BCUT2D eigenvalue weighted by Gasteiger charge is 2.27. The normalized spacial score (nSPS) is 13.9. The molecule has 0 spiro atoms. The zero-order valence-corrected chi connectivity index (χ0v) is 35.2. The molecule has 0 saturated heterocycles. The average Bonchev–Trinajstić information content (AvgIpc) is 3.09. The lowest BCUT2D eigenvalue weighted by molar-refractivity contribution is -0.870. The topological polar surface area (TPSA) is 108 Å². The van der Waals surface area contributed by atoms with Gasteiger partial charge in [-0.3, -0.25) is 18.6 Å². The number of ether oxygens (including phenoxy) is 2. The van der Waals surface area contributed by atoms with Gasteiger partial charge in [-0.2, -0.15) is 0 Å². The van der Waals surface area contributed by atoms with Gasteiger partial charge in [-0.15, -0.1) is 0 Å². The summed E-state index contributed by atoms with van der Waals surface area (Å²) in [5.41, 5.74) is 0. The lowest BCUT2D eigenvalue weighted by atomic mass is 10.1. The molecule has 0 amide bonds. The van der Waals surface area contributed by atoms with Crippen LogP contribution in [0.2, 0.25) is 0 Å². The molecule has 52 heavy (non-hydrogen) atoms. The van der Waals surface area contributed by atoms with E-state index >= 15 is 0 Å². The Labute approximate surface area is 319 Å². The maximum absolute atomic E-state index is 12.7. The smallest absolute Gasteiger partial charge is 0.462 e. The van der Waals surface area contributed by atoms with Gasteiger partial charge in [0.05, 0.1) is 27.7 Å². The van der Waals surface area contributed by atoms with Gasteiger partial charge in [0.2, 0.25) is 0 Å². The summed E-state index contributed by atoms with van der Waals surface area (Å²) < 4.78 is 34.2. The number of hydrogen-bond donors (Lipinski definition) is 1. The molecule has 0 aromatic heterocycles. The van der Waals surface area contributed by atoms with Crippen LogP contribution in [-0.2, 0) is 32.7 Å². The number of carbonyl (C=O) groups is 2. The maximum atomic E-state index is 12.7. The second kappa shape index (κ2) is 35.2. The molecule has 0 aromatic carbocycles. The van der Waals surface area contributed by atoms with Gasteiger partial charge in [0.25, 0.3) is 0 Å². The number of unbranched alkanes of at least 4 members (excludes halogenated alkanes) is 20. The van der Waals surface area contributed by atoms with E-state index in [0.29, 0.717) is 17.4 Å². The first kappa shape index (κ1) is 50.5. The standard InChI is InChI=1S/C42H80NO8P/c1-6-8-10-12-14-16-18-20-21-22-23-25-27-29-31-33-35-42(45)51-40(39-50-52(46,47)49-37-36-43(3,4)5)38-48-41(44)34-32-30-28-26-24-19-17-15-13-11-9-7-2/h15,17,21-22,40H,6-14,16,18-20,23-39H2,1-5H3/p+1/b17-15-,22-21-/t40-/m1/s1. The molecule has 1 N–H and O–H groups in total. The van der Waals surface area contributed by atoms with E-state index in [-0.39, 0.29) is 32.0 Å². The number of esters is 2. The average molecular weight is 759 g/mol. The first-order chi connectivity index (χ1) is 25.0. The van der Waals surface area contributed by atoms with Gasteiger partial charge < -0.3 is 18.9 Å². The van der Waals surface area contributed by atoms with Crippen LogP contribution in [0, 0.1) is 0 Å². The van der Waals surface area contributed by atoms with Crippen LogP contribution >= 0.6 is 7.82 Å². The number of rotatable bonds is 38.